The topological polar surface area (TPSA) is 145 Å². The molecule has 0 fully saturated rings. The van der Waals surface area contributed by atoms with E-state index in [4.69, 9.17) is 10.8 Å². The van der Waals surface area contributed by atoms with Gasteiger partial charge in [0.2, 0.25) is 5.91 Å². The Morgan fingerprint density at radius 1 is 1.43 bits per heavy atom. The van der Waals surface area contributed by atoms with E-state index in [2.05, 4.69) is 15.5 Å². The van der Waals surface area contributed by atoms with E-state index < -0.39 is 23.8 Å². The van der Waals surface area contributed by atoms with Crippen molar-refractivity contribution in [2.45, 2.75) is 26.4 Å². The number of carboxylic acid groups (broad SMARTS) is 1. The molecule has 2 aromatic heterocycles. The number of aromatic nitrogens is 4. The molecular weight excluding hydrogens is 304 g/mol. The van der Waals surface area contributed by atoms with E-state index in [-0.39, 0.29) is 17.1 Å². The number of nitrogens with one attached hydrogen (secondary N) is 1. The lowest BCUT2D eigenvalue weighted by atomic mass is 10.2. The predicted molar refractivity (Wildman–Crippen MR) is 78.9 cm³/mol. The quantitative estimate of drug-likeness (QED) is 0.688. The Labute approximate surface area is 130 Å². The number of nitrogens with zero attached hydrogens (tertiary/aromatic N) is 4. The molecule has 122 valence electrons. The number of carboxylic acids is 1. The molecule has 0 radical (unpaired) electrons. The van der Waals surface area contributed by atoms with Gasteiger partial charge in [0.15, 0.2) is 5.69 Å². The first-order chi connectivity index (χ1) is 10.8. The third-order valence-corrected chi connectivity index (χ3v) is 3.21. The van der Waals surface area contributed by atoms with Gasteiger partial charge in [0, 0.05) is 18.9 Å². The average molecular weight is 320 g/mol. The predicted octanol–water partition coefficient (Wildman–Crippen LogP) is 0.0963. The summed E-state index contributed by atoms with van der Waals surface area (Å²) in [6.07, 6.45) is 2.77. The fourth-order valence-electron chi connectivity index (χ4n) is 2.00. The van der Waals surface area contributed by atoms with E-state index >= 15 is 0 Å². The third-order valence-electron chi connectivity index (χ3n) is 3.21. The van der Waals surface area contributed by atoms with Crippen molar-refractivity contribution in [1.82, 2.24) is 19.6 Å². The number of rotatable bonds is 6. The van der Waals surface area contributed by atoms with Crippen LogP contribution in [0.15, 0.2) is 18.5 Å². The van der Waals surface area contributed by atoms with Gasteiger partial charge in [0.05, 0.1) is 5.69 Å². The van der Waals surface area contributed by atoms with Crippen LogP contribution >= 0.6 is 0 Å². The SMILES string of the molecule is CCn1cc(NC(=O)C(C)n2nccc2C(=O)O)c(C(N)=O)n1. The van der Waals surface area contributed by atoms with Crippen LogP contribution in [0.2, 0.25) is 0 Å². The van der Waals surface area contributed by atoms with Gasteiger partial charge in [0.25, 0.3) is 5.91 Å². The van der Waals surface area contributed by atoms with E-state index in [1.54, 1.807) is 0 Å². The number of aromatic carboxylic acids is 1. The van der Waals surface area contributed by atoms with E-state index in [1.165, 1.54) is 30.1 Å². The Morgan fingerprint density at radius 3 is 2.70 bits per heavy atom. The van der Waals surface area contributed by atoms with Gasteiger partial charge < -0.3 is 16.2 Å². The number of hydrogen-bond donors (Lipinski definition) is 3. The molecule has 0 bridgehead atoms. The van der Waals surface area contributed by atoms with Crippen LogP contribution in [0.4, 0.5) is 5.69 Å². The van der Waals surface area contributed by atoms with Crippen LogP contribution in [0.3, 0.4) is 0 Å². The Morgan fingerprint density at radius 2 is 2.13 bits per heavy atom. The van der Waals surface area contributed by atoms with Crippen LogP contribution in [-0.2, 0) is 11.3 Å². The minimum Gasteiger partial charge on any atom is -0.477 e. The molecule has 2 amide bonds. The van der Waals surface area contributed by atoms with Crippen molar-refractivity contribution in [3.05, 3.63) is 29.8 Å². The Balaban J connectivity index is 2.25. The fraction of sp³-hybridized carbons (Fsp3) is 0.308. The van der Waals surface area contributed by atoms with Crippen molar-refractivity contribution in [2.24, 2.45) is 5.73 Å². The summed E-state index contributed by atoms with van der Waals surface area (Å²) >= 11 is 0. The normalized spacial score (nSPS) is 11.9. The second kappa shape index (κ2) is 6.30. The van der Waals surface area contributed by atoms with Gasteiger partial charge in [-0.2, -0.15) is 10.2 Å². The van der Waals surface area contributed by atoms with Crippen molar-refractivity contribution in [3.63, 3.8) is 0 Å². The first-order valence-corrected chi connectivity index (χ1v) is 6.80. The molecular formula is C13H16N6O4. The third kappa shape index (κ3) is 3.20. The van der Waals surface area contributed by atoms with E-state index in [0.29, 0.717) is 6.54 Å². The minimum atomic E-state index is -1.20. The standard InChI is InChI=1S/C13H16N6O4/c1-3-18-6-8(10(17-18)11(14)20)16-12(21)7(2)19-9(13(22)23)4-5-15-19/h4-7H,3H2,1-2H3,(H2,14,20)(H,16,21)(H,22,23). The van der Waals surface area contributed by atoms with Crippen molar-refractivity contribution >= 4 is 23.5 Å². The Bertz CT molecular complexity index is 762. The number of carbonyl (C=O) groups excluding carboxylic acids is 2. The molecule has 23 heavy (non-hydrogen) atoms. The second-order valence-electron chi connectivity index (χ2n) is 4.74. The highest BCUT2D eigenvalue weighted by atomic mass is 16.4. The van der Waals surface area contributed by atoms with Crippen molar-refractivity contribution in [1.29, 1.82) is 0 Å². The molecule has 0 aromatic carbocycles. The van der Waals surface area contributed by atoms with Gasteiger partial charge in [-0.15, -0.1) is 0 Å². The number of aryl methyl sites for hydroxylation is 1. The van der Waals surface area contributed by atoms with Crippen molar-refractivity contribution in [2.75, 3.05) is 5.32 Å². The monoisotopic (exact) mass is 320 g/mol. The molecule has 0 spiro atoms. The van der Waals surface area contributed by atoms with Crippen LogP contribution in [0, 0.1) is 0 Å². The zero-order chi connectivity index (χ0) is 17.1. The fourth-order valence-corrected chi connectivity index (χ4v) is 2.00. The van der Waals surface area contributed by atoms with E-state index in [0.717, 1.165) is 4.68 Å². The maximum atomic E-state index is 12.3. The molecule has 2 rings (SSSR count). The summed E-state index contributed by atoms with van der Waals surface area (Å²) in [6.45, 7) is 3.80. The zero-order valence-corrected chi connectivity index (χ0v) is 12.6. The van der Waals surface area contributed by atoms with Crippen molar-refractivity contribution in [3.8, 4) is 0 Å². The summed E-state index contributed by atoms with van der Waals surface area (Å²) in [7, 11) is 0. The van der Waals surface area contributed by atoms with Gasteiger partial charge in [-0.25, -0.2) is 9.48 Å². The molecule has 0 saturated carbocycles. The summed E-state index contributed by atoms with van der Waals surface area (Å²) in [4.78, 5) is 34.8. The van der Waals surface area contributed by atoms with Gasteiger partial charge in [-0.3, -0.25) is 14.3 Å². The summed E-state index contributed by atoms with van der Waals surface area (Å²) < 4.78 is 2.53. The van der Waals surface area contributed by atoms with Gasteiger partial charge in [-0.05, 0) is 19.9 Å². The highest BCUT2D eigenvalue weighted by molar-refractivity contribution is 6.02. The average Bonchev–Trinajstić information content (AvgIpc) is 3.12. The number of hydrogen-bond acceptors (Lipinski definition) is 5. The largest absolute Gasteiger partial charge is 0.477 e. The van der Waals surface area contributed by atoms with E-state index in [1.807, 2.05) is 6.92 Å². The zero-order valence-electron chi connectivity index (χ0n) is 12.6. The summed E-state index contributed by atoms with van der Waals surface area (Å²) in [5, 5.41) is 19.4. The smallest absolute Gasteiger partial charge is 0.354 e. The molecule has 0 saturated heterocycles. The van der Waals surface area contributed by atoms with E-state index in [9.17, 15) is 14.4 Å². The summed E-state index contributed by atoms with van der Waals surface area (Å²) in [5.41, 5.74) is 5.22. The molecule has 2 aromatic rings. The minimum absolute atomic E-state index is 0.0636. The number of primary amides is 1. The maximum absolute atomic E-state index is 12.3. The maximum Gasteiger partial charge on any atom is 0.354 e. The van der Waals surface area contributed by atoms with Crippen molar-refractivity contribution < 1.29 is 19.5 Å². The molecule has 0 aliphatic heterocycles. The summed E-state index contributed by atoms with van der Waals surface area (Å²) in [6, 6.07) is 0.387. The highest BCUT2D eigenvalue weighted by Gasteiger charge is 2.23. The number of amides is 2. The summed E-state index contributed by atoms with van der Waals surface area (Å²) in [5.74, 6) is -2.52. The second-order valence-corrected chi connectivity index (χ2v) is 4.74. The van der Waals surface area contributed by atoms with Crippen LogP contribution in [-0.4, -0.2) is 42.5 Å². The van der Waals surface area contributed by atoms with Crippen LogP contribution in [0.5, 0.6) is 0 Å². The molecule has 0 aliphatic carbocycles. The highest BCUT2D eigenvalue weighted by Crippen LogP contribution is 2.17. The molecule has 10 nitrogen and oxygen atoms in total. The molecule has 0 aliphatic rings. The van der Waals surface area contributed by atoms with Gasteiger partial charge in [-0.1, -0.05) is 0 Å². The Kier molecular flexibility index (Phi) is 4.44. The molecule has 10 heteroatoms. The lowest BCUT2D eigenvalue weighted by Gasteiger charge is -2.13. The molecule has 4 N–H and O–H groups in total. The number of anilines is 1. The lowest BCUT2D eigenvalue weighted by molar-refractivity contribution is -0.119. The Hall–Kier alpha value is -3.17. The van der Waals surface area contributed by atoms with Crippen LogP contribution in [0.25, 0.3) is 0 Å². The van der Waals surface area contributed by atoms with Crippen LogP contribution < -0.4 is 11.1 Å². The molecule has 1 atom stereocenters. The lowest BCUT2D eigenvalue weighted by Crippen LogP contribution is -2.27. The van der Waals surface area contributed by atoms with Crippen LogP contribution in [0.1, 0.15) is 40.9 Å². The first-order valence-electron chi connectivity index (χ1n) is 6.80. The molecule has 1 unspecified atom stereocenters. The number of nitrogens with two attached hydrogens (primary N) is 1. The van der Waals surface area contributed by atoms with Gasteiger partial charge >= 0.3 is 5.97 Å². The number of carbonyl (C=O) groups is 3. The molecule has 2 heterocycles. The first kappa shape index (κ1) is 16.2. The van der Waals surface area contributed by atoms with Gasteiger partial charge in [0.1, 0.15) is 11.7 Å².